The summed E-state index contributed by atoms with van der Waals surface area (Å²) in [5.41, 5.74) is -0.00347. The highest BCUT2D eigenvalue weighted by molar-refractivity contribution is 6.20. The number of rotatable bonds is 4. The lowest BCUT2D eigenvalue weighted by molar-refractivity contribution is -0.237. The quantitative estimate of drug-likeness (QED) is 0.706. The van der Waals surface area contributed by atoms with Crippen LogP contribution in [0.2, 0.25) is 0 Å². The fraction of sp³-hybridized carbons (Fsp3) is 0.320. The number of carbonyl (C=O) groups is 3. The van der Waals surface area contributed by atoms with Crippen LogP contribution in [0.15, 0.2) is 66.2 Å². The molecule has 1 saturated heterocycles. The van der Waals surface area contributed by atoms with Gasteiger partial charge >= 0.3 is 12.2 Å². The van der Waals surface area contributed by atoms with Gasteiger partial charge in [-0.05, 0) is 38.8 Å². The topological polar surface area (TPSA) is 76.2 Å². The number of ketones is 1. The van der Waals surface area contributed by atoms with Crippen LogP contribution >= 0.6 is 0 Å². The highest BCUT2D eigenvalue weighted by Crippen LogP contribution is 2.65. The smallest absolute Gasteiger partial charge is 0.430 e. The van der Waals surface area contributed by atoms with Crippen molar-refractivity contribution in [2.24, 2.45) is 0 Å². The summed E-state index contributed by atoms with van der Waals surface area (Å²) in [5.74, 6) is -0.242. The molecule has 1 aliphatic heterocycles. The minimum absolute atomic E-state index is 0.104. The van der Waals surface area contributed by atoms with Gasteiger partial charge < -0.3 is 9.47 Å². The van der Waals surface area contributed by atoms with E-state index in [1.807, 2.05) is 60.7 Å². The molecule has 0 bridgehead atoms. The van der Waals surface area contributed by atoms with Gasteiger partial charge in [0, 0.05) is 11.1 Å². The lowest BCUT2D eigenvalue weighted by atomic mass is 9.65. The maximum absolute atomic E-state index is 13.8. The number of hydrogen-bond acceptors (Lipinski definition) is 5. The molecule has 1 fully saturated rings. The number of hydrazine groups is 1. The summed E-state index contributed by atoms with van der Waals surface area (Å²) < 4.78 is 10.6. The molecule has 166 valence electrons. The highest BCUT2D eigenvalue weighted by atomic mass is 16.6. The van der Waals surface area contributed by atoms with E-state index in [0.717, 1.165) is 10.6 Å². The zero-order valence-electron chi connectivity index (χ0n) is 18.6. The van der Waals surface area contributed by atoms with Gasteiger partial charge in [0.25, 0.3) is 0 Å². The van der Waals surface area contributed by atoms with E-state index >= 15 is 0 Å². The van der Waals surface area contributed by atoms with Crippen LogP contribution in [0, 0.1) is 0 Å². The van der Waals surface area contributed by atoms with Gasteiger partial charge in [0.2, 0.25) is 0 Å². The minimum Gasteiger partial charge on any atom is -0.448 e. The first-order chi connectivity index (χ1) is 15.4. The molecular weight excluding hydrogens is 408 g/mol. The molecule has 32 heavy (non-hydrogen) atoms. The van der Waals surface area contributed by atoms with Crippen LogP contribution in [0.1, 0.15) is 38.8 Å². The van der Waals surface area contributed by atoms with Crippen molar-refractivity contribution in [3.05, 3.63) is 77.4 Å². The van der Waals surface area contributed by atoms with Gasteiger partial charge in [-0.25, -0.2) is 9.59 Å². The fourth-order valence-corrected chi connectivity index (χ4v) is 5.13. The normalized spacial score (nSPS) is 24.2. The van der Waals surface area contributed by atoms with Crippen molar-refractivity contribution in [3.8, 4) is 0 Å². The monoisotopic (exact) mass is 434 g/mol. The molecule has 2 unspecified atom stereocenters. The van der Waals surface area contributed by atoms with E-state index in [1.165, 1.54) is 5.01 Å². The van der Waals surface area contributed by atoms with Gasteiger partial charge in [-0.2, -0.15) is 10.0 Å². The van der Waals surface area contributed by atoms with E-state index in [2.05, 4.69) is 0 Å². The summed E-state index contributed by atoms with van der Waals surface area (Å²) >= 11 is 0. The number of ether oxygens (including phenoxy) is 2. The molecule has 2 aromatic carbocycles. The van der Waals surface area contributed by atoms with Gasteiger partial charge in [0.15, 0.2) is 16.9 Å². The lowest BCUT2D eigenvalue weighted by Gasteiger charge is -2.66. The molecule has 1 aliphatic carbocycles. The molecule has 0 aromatic heterocycles. The fourth-order valence-electron chi connectivity index (χ4n) is 5.13. The Balaban J connectivity index is 2.06. The Hall–Kier alpha value is -3.61. The van der Waals surface area contributed by atoms with E-state index < -0.39 is 23.3 Å². The number of hydrogen-bond donors (Lipinski definition) is 0. The van der Waals surface area contributed by atoms with Crippen LogP contribution < -0.4 is 0 Å². The number of nitrogens with zero attached hydrogens (tertiary/aromatic N) is 2. The van der Waals surface area contributed by atoms with Crippen molar-refractivity contribution in [1.82, 2.24) is 10.0 Å². The molecule has 0 N–H and O–H groups in total. The summed E-state index contributed by atoms with van der Waals surface area (Å²) in [6.07, 6.45) is -1.50. The number of Topliss-reactive ketones (excluding diaryl/α,β-unsaturated/α-hetero) is 1. The molecule has 7 nitrogen and oxygen atoms in total. The van der Waals surface area contributed by atoms with Crippen LogP contribution in [-0.4, -0.2) is 46.7 Å². The molecule has 2 amide bonds. The third-order valence-corrected chi connectivity index (χ3v) is 6.30. The molecule has 4 rings (SSSR count). The maximum Gasteiger partial charge on any atom is 0.430 e. The molecule has 2 aliphatic rings. The summed E-state index contributed by atoms with van der Waals surface area (Å²) in [5, 5.41) is 2.36. The third kappa shape index (κ3) is 2.57. The molecule has 2 aromatic rings. The van der Waals surface area contributed by atoms with E-state index in [9.17, 15) is 14.4 Å². The van der Waals surface area contributed by atoms with Crippen molar-refractivity contribution in [2.45, 2.75) is 38.8 Å². The SMILES string of the molecule is CCOC(=O)N1N(C(=O)OCC)C2(c3ccccc3)C(c3ccccc3)=C(C)C(=O)C12C. The van der Waals surface area contributed by atoms with Crippen molar-refractivity contribution >= 4 is 23.5 Å². The first kappa shape index (κ1) is 21.6. The third-order valence-electron chi connectivity index (χ3n) is 6.30. The summed E-state index contributed by atoms with van der Waals surface area (Å²) in [4.78, 5) is 40.2. The molecular formula is C25H26N2O5. The second kappa shape index (κ2) is 7.82. The molecule has 1 heterocycles. The van der Waals surface area contributed by atoms with Crippen LogP contribution in [0.3, 0.4) is 0 Å². The number of carbonyl (C=O) groups excluding carboxylic acids is 3. The zero-order chi connectivity index (χ0) is 23.1. The average Bonchev–Trinajstić information content (AvgIpc) is 2.93. The Morgan fingerprint density at radius 2 is 1.34 bits per heavy atom. The van der Waals surface area contributed by atoms with Crippen LogP contribution in [0.25, 0.3) is 5.57 Å². The van der Waals surface area contributed by atoms with Gasteiger partial charge in [0.05, 0.1) is 13.2 Å². The van der Waals surface area contributed by atoms with Crippen LogP contribution in [0.4, 0.5) is 9.59 Å². The first-order valence-corrected chi connectivity index (χ1v) is 10.7. The van der Waals surface area contributed by atoms with Gasteiger partial charge in [-0.15, -0.1) is 0 Å². The Morgan fingerprint density at radius 3 is 1.88 bits per heavy atom. The molecule has 2 atom stereocenters. The van der Waals surface area contributed by atoms with E-state index in [1.54, 1.807) is 27.7 Å². The van der Waals surface area contributed by atoms with Gasteiger partial charge in [-0.3, -0.25) is 4.79 Å². The Labute approximate surface area is 187 Å². The zero-order valence-corrected chi connectivity index (χ0v) is 18.6. The number of benzene rings is 2. The Bertz CT molecular complexity index is 1100. The Kier molecular flexibility index (Phi) is 5.28. The number of amides is 2. The second-order valence-corrected chi connectivity index (χ2v) is 7.87. The van der Waals surface area contributed by atoms with Crippen LogP contribution in [-0.2, 0) is 19.8 Å². The average molecular weight is 434 g/mol. The molecule has 0 spiro atoms. The summed E-state index contributed by atoms with van der Waals surface area (Å²) in [7, 11) is 0. The maximum atomic E-state index is 13.8. The van der Waals surface area contributed by atoms with E-state index in [0.29, 0.717) is 16.7 Å². The predicted molar refractivity (Wildman–Crippen MR) is 118 cm³/mol. The van der Waals surface area contributed by atoms with Crippen molar-refractivity contribution in [1.29, 1.82) is 0 Å². The van der Waals surface area contributed by atoms with Crippen molar-refractivity contribution < 1.29 is 23.9 Å². The first-order valence-electron chi connectivity index (χ1n) is 10.7. The van der Waals surface area contributed by atoms with Crippen molar-refractivity contribution in [3.63, 3.8) is 0 Å². The second-order valence-electron chi connectivity index (χ2n) is 7.87. The Morgan fingerprint density at radius 1 is 0.844 bits per heavy atom. The van der Waals surface area contributed by atoms with E-state index in [4.69, 9.17) is 9.47 Å². The highest BCUT2D eigenvalue weighted by Gasteiger charge is 2.81. The standard InChI is InChI=1S/C25H26N2O5/c1-5-31-22(29)26-24(4)21(28)17(3)20(18-13-9-7-10-14-18)25(24,19-15-11-8-12-16-19)27(26)23(30)32-6-2/h7-16H,5-6H2,1-4H3. The van der Waals surface area contributed by atoms with Gasteiger partial charge in [0.1, 0.15) is 0 Å². The lowest BCUT2D eigenvalue weighted by Crippen LogP contribution is -2.86. The summed E-state index contributed by atoms with van der Waals surface area (Å²) in [6.45, 7) is 7.02. The molecule has 7 heteroatoms. The summed E-state index contributed by atoms with van der Waals surface area (Å²) in [6, 6.07) is 18.7. The largest absolute Gasteiger partial charge is 0.448 e. The number of fused-ring (bicyclic) bond motifs is 1. The molecule has 0 radical (unpaired) electrons. The van der Waals surface area contributed by atoms with Crippen LogP contribution in [0.5, 0.6) is 0 Å². The minimum atomic E-state index is -1.40. The van der Waals surface area contributed by atoms with Crippen molar-refractivity contribution in [2.75, 3.05) is 13.2 Å². The van der Waals surface area contributed by atoms with E-state index in [-0.39, 0.29) is 19.0 Å². The van der Waals surface area contributed by atoms with Gasteiger partial charge in [-0.1, -0.05) is 60.7 Å². The predicted octanol–water partition coefficient (Wildman–Crippen LogP) is 4.54. The molecule has 0 saturated carbocycles.